The van der Waals surface area contributed by atoms with Crippen LogP contribution in [0.4, 0.5) is 15.8 Å². The minimum absolute atomic E-state index is 0.226. The lowest BCUT2D eigenvalue weighted by Gasteiger charge is -2.12. The molecule has 0 aliphatic heterocycles. The Morgan fingerprint density at radius 1 is 1.07 bits per heavy atom. The Kier molecular flexibility index (Phi) is 6.63. The number of benzene rings is 2. The molecule has 0 fully saturated rings. The molecule has 3 aromatic rings. The molecule has 7 heteroatoms. The normalized spacial score (nSPS) is 10.3. The van der Waals surface area contributed by atoms with E-state index in [4.69, 9.17) is 9.47 Å². The standard InChI is InChI=1S/C22H22FN3O3/c1-28-17-7-8-21(29-2)19(14-17)26-22(27)20-13-16(10-12-25-20)24-11-9-15-5-3-4-6-18(15)23/h3-8,10,12-14H,9,11H2,1-2H3,(H,24,25)(H,26,27). The number of anilines is 2. The average Bonchev–Trinajstić information content (AvgIpc) is 2.75. The lowest BCUT2D eigenvalue weighted by Crippen LogP contribution is -2.15. The van der Waals surface area contributed by atoms with E-state index in [0.717, 1.165) is 5.69 Å². The number of hydrogen-bond acceptors (Lipinski definition) is 5. The molecule has 0 spiro atoms. The molecule has 1 heterocycles. The Labute approximate surface area is 168 Å². The number of hydrogen-bond donors (Lipinski definition) is 2. The summed E-state index contributed by atoms with van der Waals surface area (Å²) in [7, 11) is 3.07. The van der Waals surface area contributed by atoms with Crippen LogP contribution in [0.2, 0.25) is 0 Å². The number of carbonyl (C=O) groups is 1. The molecule has 0 atom stereocenters. The topological polar surface area (TPSA) is 72.5 Å². The molecule has 3 rings (SSSR count). The molecule has 2 N–H and O–H groups in total. The fourth-order valence-corrected chi connectivity index (χ4v) is 2.81. The van der Waals surface area contributed by atoms with Gasteiger partial charge in [-0.25, -0.2) is 4.39 Å². The summed E-state index contributed by atoms with van der Waals surface area (Å²) in [5.41, 5.74) is 2.08. The van der Waals surface area contributed by atoms with Gasteiger partial charge in [0.2, 0.25) is 0 Å². The highest BCUT2D eigenvalue weighted by molar-refractivity contribution is 6.04. The van der Waals surface area contributed by atoms with Crippen LogP contribution in [0.1, 0.15) is 16.1 Å². The van der Waals surface area contributed by atoms with Gasteiger partial charge in [0.05, 0.1) is 19.9 Å². The number of aromatic nitrogens is 1. The lowest BCUT2D eigenvalue weighted by molar-refractivity contribution is 0.102. The summed E-state index contributed by atoms with van der Waals surface area (Å²) >= 11 is 0. The fraction of sp³-hybridized carbons (Fsp3) is 0.182. The van der Waals surface area contributed by atoms with Crippen molar-refractivity contribution in [1.82, 2.24) is 4.98 Å². The maximum atomic E-state index is 13.7. The first-order valence-electron chi connectivity index (χ1n) is 9.07. The number of rotatable bonds is 8. The molecule has 2 aromatic carbocycles. The molecule has 0 bridgehead atoms. The smallest absolute Gasteiger partial charge is 0.274 e. The highest BCUT2D eigenvalue weighted by atomic mass is 19.1. The van der Waals surface area contributed by atoms with Crippen LogP contribution in [0.3, 0.4) is 0 Å². The number of halogens is 1. The molecule has 29 heavy (non-hydrogen) atoms. The summed E-state index contributed by atoms with van der Waals surface area (Å²) < 4.78 is 24.2. The van der Waals surface area contributed by atoms with Crippen LogP contribution in [-0.4, -0.2) is 31.7 Å². The number of amides is 1. The summed E-state index contributed by atoms with van der Waals surface area (Å²) in [6.45, 7) is 0.524. The Morgan fingerprint density at radius 2 is 1.90 bits per heavy atom. The molecule has 0 aliphatic rings. The van der Waals surface area contributed by atoms with Crippen molar-refractivity contribution in [2.45, 2.75) is 6.42 Å². The molecular weight excluding hydrogens is 373 g/mol. The van der Waals surface area contributed by atoms with Gasteiger partial charge in [-0.2, -0.15) is 0 Å². The van der Waals surface area contributed by atoms with E-state index in [1.165, 1.54) is 13.2 Å². The molecule has 0 saturated carbocycles. The second-order valence-electron chi connectivity index (χ2n) is 6.22. The minimum atomic E-state index is -0.380. The molecule has 0 saturated heterocycles. The maximum absolute atomic E-state index is 13.7. The maximum Gasteiger partial charge on any atom is 0.274 e. The number of carbonyl (C=O) groups excluding carboxylic acids is 1. The monoisotopic (exact) mass is 395 g/mol. The summed E-state index contributed by atoms with van der Waals surface area (Å²) in [6, 6.07) is 15.2. The van der Waals surface area contributed by atoms with Gasteiger partial charge >= 0.3 is 0 Å². The van der Waals surface area contributed by atoms with E-state index in [1.807, 2.05) is 0 Å². The average molecular weight is 395 g/mol. The van der Waals surface area contributed by atoms with Crippen molar-refractivity contribution in [1.29, 1.82) is 0 Å². The van der Waals surface area contributed by atoms with Crippen molar-refractivity contribution in [3.63, 3.8) is 0 Å². The molecular formula is C22H22FN3O3. The molecule has 150 valence electrons. The highest BCUT2D eigenvalue weighted by Crippen LogP contribution is 2.29. The van der Waals surface area contributed by atoms with Gasteiger partial charge in [-0.1, -0.05) is 18.2 Å². The number of ether oxygens (including phenoxy) is 2. The Hall–Kier alpha value is -3.61. The quantitative estimate of drug-likeness (QED) is 0.600. The predicted octanol–water partition coefficient (Wildman–Crippen LogP) is 4.14. The summed E-state index contributed by atoms with van der Waals surface area (Å²) in [4.78, 5) is 16.8. The van der Waals surface area contributed by atoms with Crippen LogP contribution >= 0.6 is 0 Å². The third-order valence-corrected chi connectivity index (χ3v) is 4.33. The van der Waals surface area contributed by atoms with Gasteiger partial charge in [-0.3, -0.25) is 9.78 Å². The Bertz CT molecular complexity index is 995. The minimum Gasteiger partial charge on any atom is -0.497 e. The molecule has 0 aliphatic carbocycles. The van der Waals surface area contributed by atoms with Gasteiger partial charge in [0, 0.05) is 24.5 Å². The van der Waals surface area contributed by atoms with Gasteiger partial charge in [0.15, 0.2) is 0 Å². The van der Waals surface area contributed by atoms with Gasteiger partial charge in [0.1, 0.15) is 23.0 Å². The zero-order valence-electron chi connectivity index (χ0n) is 16.2. The molecule has 1 aromatic heterocycles. The van der Waals surface area contributed by atoms with Crippen LogP contribution in [0.25, 0.3) is 0 Å². The second kappa shape index (κ2) is 9.54. The SMILES string of the molecule is COc1ccc(OC)c(NC(=O)c2cc(NCCc3ccccc3F)ccn2)c1. The van der Waals surface area contributed by atoms with Crippen LogP contribution in [0, 0.1) is 5.82 Å². The van der Waals surface area contributed by atoms with Crippen molar-refractivity contribution in [2.75, 3.05) is 31.4 Å². The third kappa shape index (κ3) is 5.22. The molecule has 0 unspecified atom stereocenters. The number of nitrogens with zero attached hydrogens (tertiary/aromatic N) is 1. The van der Waals surface area contributed by atoms with E-state index in [9.17, 15) is 9.18 Å². The van der Waals surface area contributed by atoms with Crippen molar-refractivity contribution >= 4 is 17.3 Å². The summed E-state index contributed by atoms with van der Waals surface area (Å²) in [5.74, 6) is 0.501. The first-order valence-corrected chi connectivity index (χ1v) is 9.07. The third-order valence-electron chi connectivity index (χ3n) is 4.33. The summed E-state index contributed by atoms with van der Waals surface area (Å²) in [5, 5.41) is 5.97. The Balaban J connectivity index is 1.66. The molecule has 1 amide bonds. The first kappa shape index (κ1) is 20.1. The van der Waals surface area contributed by atoms with E-state index in [0.29, 0.717) is 35.7 Å². The van der Waals surface area contributed by atoms with Crippen LogP contribution < -0.4 is 20.1 Å². The zero-order valence-corrected chi connectivity index (χ0v) is 16.2. The molecule has 0 radical (unpaired) electrons. The van der Waals surface area contributed by atoms with E-state index >= 15 is 0 Å². The van der Waals surface area contributed by atoms with E-state index < -0.39 is 0 Å². The van der Waals surface area contributed by atoms with Gasteiger partial charge in [0.25, 0.3) is 5.91 Å². The number of pyridine rings is 1. The van der Waals surface area contributed by atoms with E-state index in [2.05, 4.69) is 15.6 Å². The van der Waals surface area contributed by atoms with Crippen LogP contribution in [0.15, 0.2) is 60.8 Å². The van der Waals surface area contributed by atoms with Crippen LogP contribution in [0.5, 0.6) is 11.5 Å². The van der Waals surface area contributed by atoms with Crippen LogP contribution in [-0.2, 0) is 6.42 Å². The predicted molar refractivity (Wildman–Crippen MR) is 110 cm³/mol. The second-order valence-corrected chi connectivity index (χ2v) is 6.22. The lowest BCUT2D eigenvalue weighted by atomic mass is 10.1. The Morgan fingerprint density at radius 3 is 2.66 bits per heavy atom. The summed E-state index contributed by atoms with van der Waals surface area (Å²) in [6.07, 6.45) is 2.07. The number of methoxy groups -OCH3 is 2. The van der Waals surface area contributed by atoms with Gasteiger partial charge < -0.3 is 20.1 Å². The van der Waals surface area contributed by atoms with Crippen molar-refractivity contribution < 1.29 is 18.7 Å². The largest absolute Gasteiger partial charge is 0.497 e. The number of nitrogens with one attached hydrogen (secondary N) is 2. The van der Waals surface area contributed by atoms with E-state index in [-0.39, 0.29) is 17.4 Å². The van der Waals surface area contributed by atoms with E-state index in [1.54, 1.807) is 61.8 Å². The van der Waals surface area contributed by atoms with Gasteiger partial charge in [-0.15, -0.1) is 0 Å². The zero-order chi connectivity index (χ0) is 20.6. The fourth-order valence-electron chi connectivity index (χ4n) is 2.81. The van der Waals surface area contributed by atoms with Crippen molar-refractivity contribution in [2.24, 2.45) is 0 Å². The van der Waals surface area contributed by atoms with Crippen molar-refractivity contribution in [3.05, 3.63) is 77.9 Å². The first-order chi connectivity index (χ1) is 14.1. The highest BCUT2D eigenvalue weighted by Gasteiger charge is 2.13. The van der Waals surface area contributed by atoms with Gasteiger partial charge in [-0.05, 0) is 42.3 Å². The molecule has 6 nitrogen and oxygen atoms in total. The van der Waals surface area contributed by atoms with Crippen molar-refractivity contribution in [3.8, 4) is 11.5 Å².